The van der Waals surface area contributed by atoms with Crippen LogP contribution in [-0.4, -0.2) is 57.1 Å². The molecule has 1 heterocycles. The van der Waals surface area contributed by atoms with Crippen LogP contribution in [0.5, 0.6) is 0 Å². The second-order valence-corrected chi connectivity index (χ2v) is 3.18. The van der Waals surface area contributed by atoms with E-state index < -0.39 is 43.1 Å². The Kier molecular flexibility index (Phi) is 3.07. The molecule has 1 rings (SSSR count). The third kappa shape index (κ3) is 1.86. The van der Waals surface area contributed by atoms with Crippen molar-refractivity contribution in [3.63, 3.8) is 0 Å². The number of aliphatic carboxylic acids is 1. The molecule has 7 nitrogen and oxygen atoms in total. The number of hydrogen-bond acceptors (Lipinski definition) is 7. The summed E-state index contributed by atoms with van der Waals surface area (Å²) < 4.78 is 4.51. The lowest BCUT2D eigenvalue weighted by molar-refractivity contribution is -0.351. The maximum Gasteiger partial charge on any atom is 0.210 e. The van der Waals surface area contributed by atoms with Gasteiger partial charge < -0.3 is 35.1 Å². The van der Waals surface area contributed by atoms with E-state index in [4.69, 9.17) is 10.2 Å². The highest BCUT2D eigenvalue weighted by atomic mass is 16.7. The molecule has 14 heavy (non-hydrogen) atoms. The number of ether oxygens (including phenoxy) is 1. The summed E-state index contributed by atoms with van der Waals surface area (Å²) in [5.41, 5.74) is 0. The third-order valence-electron chi connectivity index (χ3n) is 2.08. The van der Waals surface area contributed by atoms with Gasteiger partial charge in [-0.05, 0) is 0 Å². The predicted molar refractivity (Wildman–Crippen MR) is 38.5 cm³/mol. The molecule has 0 aromatic heterocycles. The summed E-state index contributed by atoms with van der Waals surface area (Å²) in [7, 11) is 0. The van der Waals surface area contributed by atoms with Crippen molar-refractivity contribution in [2.24, 2.45) is 0 Å². The van der Waals surface area contributed by atoms with Gasteiger partial charge in [-0.2, -0.15) is 0 Å². The first-order valence-corrected chi connectivity index (χ1v) is 3.99. The minimum atomic E-state index is -2.60. The molecule has 1 aliphatic rings. The molecule has 0 bridgehead atoms. The molecule has 0 aromatic carbocycles. The molecule has 0 radical (unpaired) electrons. The Bertz CT molecular complexity index is 230. The van der Waals surface area contributed by atoms with Crippen LogP contribution in [-0.2, 0) is 9.53 Å². The van der Waals surface area contributed by atoms with Gasteiger partial charge >= 0.3 is 0 Å². The third-order valence-corrected chi connectivity index (χ3v) is 2.08. The Morgan fingerprint density at radius 3 is 2.64 bits per heavy atom. The summed E-state index contributed by atoms with van der Waals surface area (Å²) >= 11 is 0. The molecule has 1 fully saturated rings. The van der Waals surface area contributed by atoms with E-state index in [1.807, 2.05) is 0 Å². The maximum absolute atomic E-state index is 10.4. The lowest BCUT2D eigenvalue weighted by atomic mass is 10.1. The van der Waals surface area contributed by atoms with E-state index in [-0.39, 0.29) is 0 Å². The summed E-state index contributed by atoms with van der Waals surface area (Å²) in [6.07, 6.45) is -4.74. The summed E-state index contributed by atoms with van der Waals surface area (Å²) in [5.74, 6) is -4.48. The monoisotopic (exact) mass is 207 g/mol. The van der Waals surface area contributed by atoms with Crippen molar-refractivity contribution in [1.29, 1.82) is 0 Å². The minimum absolute atomic E-state index is 0.600. The molecule has 0 saturated carbocycles. The number of carbonyl (C=O) groups is 1. The zero-order valence-corrected chi connectivity index (χ0v) is 7.16. The van der Waals surface area contributed by atoms with Crippen molar-refractivity contribution < 1.29 is 35.1 Å². The van der Waals surface area contributed by atoms with Crippen LogP contribution < -0.4 is 5.11 Å². The van der Waals surface area contributed by atoms with E-state index in [2.05, 4.69) is 4.74 Å². The van der Waals surface area contributed by atoms with Gasteiger partial charge in [0.1, 0.15) is 18.2 Å². The summed E-state index contributed by atoms with van der Waals surface area (Å²) in [4.78, 5) is 10.4. The van der Waals surface area contributed by atoms with Crippen molar-refractivity contribution >= 4 is 5.97 Å². The number of carboxylic acid groups (broad SMARTS) is 1. The molecule has 82 valence electrons. The number of carbonyl (C=O) groups excluding carboxylic acids is 1. The Hall–Kier alpha value is -0.730. The maximum atomic E-state index is 10.4. The van der Waals surface area contributed by atoms with Gasteiger partial charge in [-0.25, -0.2) is 0 Å². The molecule has 0 amide bonds. The zero-order valence-electron chi connectivity index (χ0n) is 7.16. The molecular weight excluding hydrogens is 196 g/mol. The minimum Gasteiger partial charge on any atom is -0.544 e. The van der Waals surface area contributed by atoms with E-state index in [0.29, 0.717) is 0 Å². The standard InChI is InChI=1S/C7H12O7/c8-2-4(10)5-3(9)1-7(13,14-5)6(11)12/h3-5,8-10,13H,1-2H2,(H,11,12)/p-1/t3-,4-,5+,7-/m1/s1. The fourth-order valence-corrected chi connectivity index (χ4v) is 1.32. The largest absolute Gasteiger partial charge is 0.544 e. The topological polar surface area (TPSA) is 130 Å². The molecule has 0 aromatic rings. The second-order valence-electron chi connectivity index (χ2n) is 3.18. The van der Waals surface area contributed by atoms with Gasteiger partial charge in [-0.15, -0.1) is 0 Å². The molecule has 0 aliphatic carbocycles. The number of rotatable bonds is 3. The molecule has 4 atom stereocenters. The summed E-state index contributed by atoms with van der Waals surface area (Å²) in [5, 5.41) is 46.4. The van der Waals surface area contributed by atoms with E-state index >= 15 is 0 Å². The van der Waals surface area contributed by atoms with E-state index in [9.17, 15) is 20.1 Å². The summed E-state index contributed by atoms with van der Waals surface area (Å²) in [6.45, 7) is -0.704. The zero-order chi connectivity index (χ0) is 10.9. The number of hydrogen-bond donors (Lipinski definition) is 4. The van der Waals surface area contributed by atoms with Gasteiger partial charge in [0.2, 0.25) is 5.79 Å². The van der Waals surface area contributed by atoms with Gasteiger partial charge in [0.15, 0.2) is 0 Å². The van der Waals surface area contributed by atoms with Crippen LogP contribution in [0, 0.1) is 0 Å². The first-order valence-electron chi connectivity index (χ1n) is 3.99. The van der Waals surface area contributed by atoms with Crippen LogP contribution >= 0.6 is 0 Å². The average molecular weight is 207 g/mol. The smallest absolute Gasteiger partial charge is 0.210 e. The van der Waals surface area contributed by atoms with E-state index in [1.54, 1.807) is 0 Å². The molecule has 1 saturated heterocycles. The molecular formula is C7H11O7-. The quantitative estimate of drug-likeness (QED) is 0.370. The fourth-order valence-electron chi connectivity index (χ4n) is 1.32. The van der Waals surface area contributed by atoms with Crippen molar-refractivity contribution in [1.82, 2.24) is 0 Å². The van der Waals surface area contributed by atoms with Crippen molar-refractivity contribution in [2.75, 3.05) is 6.61 Å². The highest BCUT2D eigenvalue weighted by Gasteiger charge is 2.48. The van der Waals surface area contributed by atoms with Gasteiger partial charge in [0.25, 0.3) is 0 Å². The van der Waals surface area contributed by atoms with Gasteiger partial charge in [-0.1, -0.05) is 0 Å². The first-order chi connectivity index (χ1) is 6.40. The lowest BCUT2D eigenvalue weighted by Crippen LogP contribution is -2.49. The Labute approximate surface area is 79.2 Å². The highest BCUT2D eigenvalue weighted by Crippen LogP contribution is 2.29. The Morgan fingerprint density at radius 1 is 1.71 bits per heavy atom. The Morgan fingerprint density at radius 2 is 2.29 bits per heavy atom. The predicted octanol–water partition coefficient (Wildman–Crippen LogP) is -4.07. The van der Waals surface area contributed by atoms with Gasteiger partial charge in [0.05, 0.1) is 12.7 Å². The van der Waals surface area contributed by atoms with Crippen LogP contribution in [0.4, 0.5) is 0 Å². The lowest BCUT2D eigenvalue weighted by Gasteiger charge is -2.24. The van der Waals surface area contributed by atoms with Crippen molar-refractivity contribution in [2.45, 2.75) is 30.5 Å². The molecule has 7 heteroatoms. The normalized spacial score (nSPS) is 39.7. The number of carboxylic acids is 1. The van der Waals surface area contributed by atoms with Crippen LogP contribution in [0.2, 0.25) is 0 Å². The molecule has 0 unspecified atom stereocenters. The van der Waals surface area contributed by atoms with Crippen LogP contribution in [0.15, 0.2) is 0 Å². The van der Waals surface area contributed by atoms with Crippen LogP contribution in [0.3, 0.4) is 0 Å². The van der Waals surface area contributed by atoms with Crippen molar-refractivity contribution in [3.8, 4) is 0 Å². The van der Waals surface area contributed by atoms with Crippen LogP contribution in [0.1, 0.15) is 6.42 Å². The SMILES string of the molecule is O=C([O-])[C@@]1(O)C[C@@H](O)[C@@H]([C@H](O)CO)O1. The average Bonchev–Trinajstić information content (AvgIpc) is 2.42. The number of aliphatic hydroxyl groups is 4. The van der Waals surface area contributed by atoms with E-state index in [0.717, 1.165) is 0 Å². The molecule has 4 N–H and O–H groups in total. The molecule has 0 spiro atoms. The van der Waals surface area contributed by atoms with Gasteiger partial charge in [-0.3, -0.25) is 0 Å². The molecule has 1 aliphatic heterocycles. The van der Waals surface area contributed by atoms with E-state index in [1.165, 1.54) is 0 Å². The highest BCUT2D eigenvalue weighted by molar-refractivity contribution is 5.73. The second kappa shape index (κ2) is 3.79. The van der Waals surface area contributed by atoms with Crippen LogP contribution in [0.25, 0.3) is 0 Å². The van der Waals surface area contributed by atoms with Crippen molar-refractivity contribution in [3.05, 3.63) is 0 Å². The Balaban J connectivity index is 2.73. The number of aliphatic hydroxyl groups excluding tert-OH is 3. The summed E-state index contributed by atoms with van der Waals surface area (Å²) in [6, 6.07) is 0. The van der Waals surface area contributed by atoms with Gasteiger partial charge in [0, 0.05) is 6.42 Å². The fraction of sp³-hybridized carbons (Fsp3) is 0.857. The first kappa shape index (κ1) is 11.3.